The van der Waals surface area contributed by atoms with E-state index in [2.05, 4.69) is 11.2 Å². The summed E-state index contributed by atoms with van der Waals surface area (Å²) in [6.07, 6.45) is 5.20. The lowest BCUT2D eigenvalue weighted by molar-refractivity contribution is 0.0792. The highest BCUT2D eigenvalue weighted by Gasteiger charge is 2.31. The van der Waals surface area contributed by atoms with E-state index in [9.17, 15) is 9.59 Å². The summed E-state index contributed by atoms with van der Waals surface area (Å²) in [6, 6.07) is 6.34. The van der Waals surface area contributed by atoms with Gasteiger partial charge >= 0.3 is 0 Å². The first-order chi connectivity index (χ1) is 8.74. The van der Waals surface area contributed by atoms with Gasteiger partial charge in [-0.2, -0.15) is 0 Å². The van der Waals surface area contributed by atoms with Gasteiger partial charge < -0.3 is 4.74 Å². The molecule has 0 spiro atoms. The van der Waals surface area contributed by atoms with Crippen LogP contribution in [0.25, 0.3) is 0 Å². The molecule has 0 radical (unpaired) electrons. The molecule has 0 amide bonds. The summed E-state index contributed by atoms with van der Waals surface area (Å²) in [5, 5.41) is 2.89. The maximum Gasteiger partial charge on any atom is 0.180 e. The second kappa shape index (κ2) is 5.58. The van der Waals surface area contributed by atoms with E-state index in [4.69, 9.17) is 11.2 Å². The van der Waals surface area contributed by atoms with E-state index in [-0.39, 0.29) is 31.3 Å². The monoisotopic (exact) mass is 243 g/mol. The Hall–Kier alpha value is -1.96. The van der Waals surface area contributed by atoms with E-state index >= 15 is 0 Å². The fourth-order valence-electron chi connectivity index (χ4n) is 1.95. The summed E-state index contributed by atoms with van der Waals surface area (Å²) in [5.74, 6) is 2.22. The van der Waals surface area contributed by atoms with E-state index in [1.54, 1.807) is 24.3 Å². The largest absolute Gasteiger partial charge is 0.354 e. The van der Waals surface area contributed by atoms with Crippen molar-refractivity contribution in [1.82, 2.24) is 5.32 Å². The SMILES string of the molecule is C#CCOCNC1CC(=O)c2ccccc2C1=O. The molecule has 0 saturated heterocycles. The van der Waals surface area contributed by atoms with Gasteiger partial charge in [0.15, 0.2) is 11.6 Å². The van der Waals surface area contributed by atoms with Gasteiger partial charge in [0.25, 0.3) is 0 Å². The third kappa shape index (κ3) is 2.48. The van der Waals surface area contributed by atoms with Crippen LogP contribution < -0.4 is 5.32 Å². The quantitative estimate of drug-likeness (QED) is 0.487. The molecular weight excluding hydrogens is 230 g/mol. The van der Waals surface area contributed by atoms with Crippen LogP contribution in [0.1, 0.15) is 27.1 Å². The molecule has 0 fully saturated rings. The third-order valence-electron chi connectivity index (χ3n) is 2.82. The summed E-state index contributed by atoms with van der Waals surface area (Å²) >= 11 is 0. The Morgan fingerprint density at radius 1 is 1.33 bits per heavy atom. The molecule has 18 heavy (non-hydrogen) atoms. The number of carbonyl (C=O) groups excluding carboxylic acids is 2. The van der Waals surface area contributed by atoms with Gasteiger partial charge in [0.05, 0.1) is 12.8 Å². The number of benzene rings is 1. The van der Waals surface area contributed by atoms with Gasteiger partial charge in [-0.3, -0.25) is 14.9 Å². The molecule has 0 aliphatic heterocycles. The Bertz CT molecular complexity index is 516. The van der Waals surface area contributed by atoms with Crippen LogP contribution >= 0.6 is 0 Å². The molecule has 1 N–H and O–H groups in total. The standard InChI is InChI=1S/C14H13NO3/c1-2-7-18-9-15-12-8-13(16)10-5-3-4-6-11(10)14(12)17/h1,3-6,12,15H,7-9H2. The summed E-state index contributed by atoms with van der Waals surface area (Å²) in [4.78, 5) is 24.0. The van der Waals surface area contributed by atoms with Gasteiger partial charge in [0.1, 0.15) is 6.61 Å². The predicted octanol–water partition coefficient (Wildman–Crippen LogP) is 1.02. The Morgan fingerprint density at radius 2 is 2.06 bits per heavy atom. The van der Waals surface area contributed by atoms with Gasteiger partial charge in [-0.1, -0.05) is 30.2 Å². The Labute approximate surface area is 105 Å². The van der Waals surface area contributed by atoms with Gasteiger partial charge in [-0.05, 0) is 0 Å². The van der Waals surface area contributed by atoms with Crippen LogP contribution in [0.15, 0.2) is 24.3 Å². The molecule has 2 rings (SSSR count). The summed E-state index contributed by atoms with van der Waals surface area (Å²) in [6.45, 7) is 0.342. The summed E-state index contributed by atoms with van der Waals surface area (Å²) in [7, 11) is 0. The normalized spacial score (nSPS) is 18.3. The van der Waals surface area contributed by atoms with Crippen molar-refractivity contribution in [3.05, 3.63) is 35.4 Å². The molecule has 1 atom stereocenters. The molecule has 1 unspecified atom stereocenters. The fourth-order valence-corrected chi connectivity index (χ4v) is 1.95. The Kier molecular flexibility index (Phi) is 3.88. The van der Waals surface area contributed by atoms with Crippen LogP contribution in [0.4, 0.5) is 0 Å². The Morgan fingerprint density at radius 3 is 2.78 bits per heavy atom. The number of hydrogen-bond donors (Lipinski definition) is 1. The first-order valence-corrected chi connectivity index (χ1v) is 5.65. The first-order valence-electron chi connectivity index (χ1n) is 5.65. The van der Waals surface area contributed by atoms with Crippen molar-refractivity contribution in [3.63, 3.8) is 0 Å². The smallest absolute Gasteiger partial charge is 0.180 e. The molecule has 4 heteroatoms. The highest BCUT2D eigenvalue weighted by Crippen LogP contribution is 2.21. The molecule has 4 nitrogen and oxygen atoms in total. The average Bonchev–Trinajstić information content (AvgIpc) is 2.40. The van der Waals surface area contributed by atoms with Crippen LogP contribution in [0.3, 0.4) is 0 Å². The van der Waals surface area contributed by atoms with Crippen LogP contribution in [-0.4, -0.2) is 30.9 Å². The predicted molar refractivity (Wildman–Crippen MR) is 66.3 cm³/mol. The second-order valence-electron chi connectivity index (χ2n) is 3.99. The molecule has 1 aliphatic rings. The van der Waals surface area contributed by atoms with Crippen molar-refractivity contribution in [2.75, 3.05) is 13.3 Å². The molecule has 0 heterocycles. The number of nitrogens with one attached hydrogen (secondary N) is 1. The minimum Gasteiger partial charge on any atom is -0.354 e. The van der Waals surface area contributed by atoms with Gasteiger partial charge in [-0.25, -0.2) is 0 Å². The Balaban J connectivity index is 2.07. The van der Waals surface area contributed by atoms with Crippen molar-refractivity contribution in [1.29, 1.82) is 0 Å². The number of ketones is 2. The average molecular weight is 243 g/mol. The van der Waals surface area contributed by atoms with E-state index in [0.717, 1.165) is 0 Å². The second-order valence-corrected chi connectivity index (χ2v) is 3.99. The third-order valence-corrected chi connectivity index (χ3v) is 2.82. The van der Waals surface area contributed by atoms with Crippen LogP contribution in [0.5, 0.6) is 0 Å². The summed E-state index contributed by atoms with van der Waals surface area (Å²) in [5.41, 5.74) is 0.980. The van der Waals surface area contributed by atoms with E-state index in [1.807, 2.05) is 0 Å². The lowest BCUT2D eigenvalue weighted by Gasteiger charge is -2.23. The topological polar surface area (TPSA) is 55.4 Å². The van der Waals surface area contributed by atoms with Crippen molar-refractivity contribution >= 4 is 11.6 Å². The van der Waals surface area contributed by atoms with Crippen LogP contribution in [0.2, 0.25) is 0 Å². The number of rotatable bonds is 4. The highest BCUT2D eigenvalue weighted by molar-refractivity contribution is 6.16. The van der Waals surface area contributed by atoms with Gasteiger partial charge in [0.2, 0.25) is 0 Å². The molecule has 0 aromatic heterocycles. The molecule has 0 bridgehead atoms. The number of terminal acetylenes is 1. The zero-order chi connectivity index (χ0) is 13.0. The number of hydrogen-bond acceptors (Lipinski definition) is 4. The lowest BCUT2D eigenvalue weighted by Crippen LogP contribution is -2.43. The van der Waals surface area contributed by atoms with E-state index in [0.29, 0.717) is 11.1 Å². The fraction of sp³-hybridized carbons (Fsp3) is 0.286. The van der Waals surface area contributed by atoms with Gasteiger partial charge in [0, 0.05) is 17.5 Å². The molecule has 92 valence electrons. The van der Waals surface area contributed by atoms with E-state index in [1.165, 1.54) is 0 Å². The first kappa shape index (κ1) is 12.5. The zero-order valence-electron chi connectivity index (χ0n) is 9.81. The maximum absolute atomic E-state index is 12.1. The summed E-state index contributed by atoms with van der Waals surface area (Å²) < 4.78 is 5.05. The molecule has 1 aromatic carbocycles. The molecule has 1 aliphatic carbocycles. The van der Waals surface area contributed by atoms with Crippen molar-refractivity contribution in [2.45, 2.75) is 12.5 Å². The minimum absolute atomic E-state index is 0.0281. The molecular formula is C14H13NO3. The van der Waals surface area contributed by atoms with Crippen LogP contribution in [-0.2, 0) is 4.74 Å². The number of fused-ring (bicyclic) bond motifs is 1. The number of carbonyl (C=O) groups is 2. The highest BCUT2D eigenvalue weighted by atomic mass is 16.5. The minimum atomic E-state index is -0.523. The van der Waals surface area contributed by atoms with Crippen molar-refractivity contribution < 1.29 is 14.3 Å². The number of ether oxygens (including phenoxy) is 1. The van der Waals surface area contributed by atoms with Crippen LogP contribution in [0, 0.1) is 12.3 Å². The van der Waals surface area contributed by atoms with E-state index < -0.39 is 6.04 Å². The van der Waals surface area contributed by atoms with Crippen molar-refractivity contribution in [3.8, 4) is 12.3 Å². The zero-order valence-corrected chi connectivity index (χ0v) is 9.81. The maximum atomic E-state index is 12.1. The molecule has 0 saturated carbocycles. The molecule has 1 aromatic rings. The van der Waals surface area contributed by atoms with Crippen molar-refractivity contribution in [2.24, 2.45) is 0 Å². The lowest BCUT2D eigenvalue weighted by atomic mass is 9.86. The van der Waals surface area contributed by atoms with Gasteiger partial charge in [-0.15, -0.1) is 6.42 Å². The number of Topliss-reactive ketones (excluding diaryl/α,β-unsaturated/α-hetero) is 2.